The fourth-order valence-electron chi connectivity index (χ4n) is 5.20. The molecule has 4 heterocycles. The fourth-order valence-corrected chi connectivity index (χ4v) is 5.31. The number of pyridine rings is 2. The lowest BCUT2D eigenvalue weighted by Gasteiger charge is -2.34. The van der Waals surface area contributed by atoms with Crippen LogP contribution >= 0.6 is 11.6 Å². The van der Waals surface area contributed by atoms with Crippen LogP contribution in [0.25, 0.3) is 11.0 Å². The molecule has 0 radical (unpaired) electrons. The summed E-state index contributed by atoms with van der Waals surface area (Å²) in [6.45, 7) is 0.808. The van der Waals surface area contributed by atoms with E-state index >= 15 is 0 Å². The number of carbonyl (C=O) groups excluding carboxylic acids is 3. The lowest BCUT2D eigenvalue weighted by molar-refractivity contribution is -0.130. The summed E-state index contributed by atoms with van der Waals surface area (Å²) in [4.78, 5) is 51.1. The van der Waals surface area contributed by atoms with Gasteiger partial charge in [0.15, 0.2) is 0 Å². The van der Waals surface area contributed by atoms with Gasteiger partial charge in [-0.1, -0.05) is 11.6 Å². The van der Waals surface area contributed by atoms with Gasteiger partial charge in [-0.25, -0.2) is 9.97 Å². The van der Waals surface area contributed by atoms with Gasteiger partial charge in [0.05, 0.1) is 10.4 Å². The Bertz CT molecular complexity index is 1330. The minimum absolute atomic E-state index is 0.0347. The molecular formula is C26H29ClN6O4. The maximum atomic E-state index is 13.4. The molecule has 0 spiro atoms. The first-order valence-electron chi connectivity index (χ1n) is 12.4. The standard InChI is InChI=1S/C26H29ClN6O4/c1-32(2)24-21-18(11-12-28-24)37-23(26(36)30-19-10-7-16(27)14-29-19)22(21)31-25(35)15-5-8-17(9-6-15)33-13-3-4-20(33)34/h7,10-12,14-15,17H,3-6,8-9,13H2,1-2H3,(H,31,35)(H,29,30,36). The molecule has 37 heavy (non-hydrogen) atoms. The molecule has 2 fully saturated rings. The molecule has 1 aliphatic carbocycles. The van der Waals surface area contributed by atoms with Crippen LogP contribution in [0.1, 0.15) is 49.1 Å². The molecule has 2 N–H and O–H groups in total. The zero-order valence-corrected chi connectivity index (χ0v) is 21.5. The number of aromatic nitrogens is 2. The van der Waals surface area contributed by atoms with Crippen LogP contribution in [-0.4, -0.2) is 59.3 Å². The van der Waals surface area contributed by atoms with Gasteiger partial charge in [0.1, 0.15) is 22.9 Å². The van der Waals surface area contributed by atoms with E-state index in [1.807, 2.05) is 19.0 Å². The van der Waals surface area contributed by atoms with Gasteiger partial charge in [0, 0.05) is 51.4 Å². The Kier molecular flexibility index (Phi) is 7.01. The molecule has 10 nitrogen and oxygen atoms in total. The summed E-state index contributed by atoms with van der Waals surface area (Å²) in [5.41, 5.74) is 0.708. The number of likely N-dealkylation sites (tertiary alicyclic amines) is 1. The third kappa shape index (κ3) is 5.11. The van der Waals surface area contributed by atoms with Gasteiger partial charge < -0.3 is 24.9 Å². The maximum Gasteiger partial charge on any atom is 0.294 e. The second kappa shape index (κ2) is 10.4. The summed E-state index contributed by atoms with van der Waals surface area (Å²) in [5, 5.41) is 6.68. The van der Waals surface area contributed by atoms with Crippen LogP contribution in [0, 0.1) is 5.92 Å². The van der Waals surface area contributed by atoms with Crippen LogP contribution in [0.3, 0.4) is 0 Å². The molecule has 3 aromatic heterocycles. The largest absolute Gasteiger partial charge is 0.448 e. The Labute approximate surface area is 219 Å². The molecule has 1 aliphatic heterocycles. The highest BCUT2D eigenvalue weighted by molar-refractivity contribution is 6.30. The van der Waals surface area contributed by atoms with Gasteiger partial charge in [-0.2, -0.15) is 0 Å². The molecule has 2 aliphatic rings. The molecule has 11 heteroatoms. The molecule has 194 valence electrons. The molecule has 1 saturated carbocycles. The molecule has 5 rings (SSSR count). The Balaban J connectivity index is 1.40. The summed E-state index contributed by atoms with van der Waals surface area (Å²) in [6.07, 6.45) is 7.47. The topological polar surface area (TPSA) is 121 Å². The van der Waals surface area contributed by atoms with E-state index in [4.69, 9.17) is 16.0 Å². The van der Waals surface area contributed by atoms with E-state index in [9.17, 15) is 14.4 Å². The highest BCUT2D eigenvalue weighted by atomic mass is 35.5. The van der Waals surface area contributed by atoms with Crippen LogP contribution < -0.4 is 15.5 Å². The maximum absolute atomic E-state index is 13.4. The Hall–Kier alpha value is -3.66. The van der Waals surface area contributed by atoms with Crippen LogP contribution in [-0.2, 0) is 9.59 Å². The summed E-state index contributed by atoms with van der Waals surface area (Å²) in [5.74, 6) is 0.0832. The van der Waals surface area contributed by atoms with E-state index in [2.05, 4.69) is 20.6 Å². The van der Waals surface area contributed by atoms with E-state index in [1.165, 1.54) is 6.20 Å². The number of hydrogen-bond donors (Lipinski definition) is 2. The van der Waals surface area contributed by atoms with Crippen molar-refractivity contribution in [3.63, 3.8) is 0 Å². The molecule has 0 unspecified atom stereocenters. The van der Waals surface area contributed by atoms with Crippen LogP contribution in [0.5, 0.6) is 0 Å². The SMILES string of the molecule is CN(C)c1nccc2oc(C(=O)Nc3ccc(Cl)cn3)c(NC(=O)C3CCC(N4CCCC4=O)CC3)c12. The smallest absolute Gasteiger partial charge is 0.294 e. The highest BCUT2D eigenvalue weighted by Crippen LogP contribution is 2.38. The van der Waals surface area contributed by atoms with Crippen molar-refractivity contribution >= 4 is 57.6 Å². The average Bonchev–Trinajstić information content (AvgIpc) is 3.49. The number of carbonyl (C=O) groups is 3. The molecule has 0 aromatic carbocycles. The van der Waals surface area contributed by atoms with Gasteiger partial charge in [-0.05, 0) is 50.3 Å². The van der Waals surface area contributed by atoms with Gasteiger partial charge in [-0.3, -0.25) is 14.4 Å². The highest BCUT2D eigenvalue weighted by Gasteiger charge is 2.34. The third-order valence-corrected chi connectivity index (χ3v) is 7.27. The van der Waals surface area contributed by atoms with E-state index < -0.39 is 5.91 Å². The van der Waals surface area contributed by atoms with Crippen molar-refractivity contribution in [2.75, 3.05) is 36.2 Å². The molecule has 1 saturated heterocycles. The molecule has 3 amide bonds. The summed E-state index contributed by atoms with van der Waals surface area (Å²) in [7, 11) is 3.66. The summed E-state index contributed by atoms with van der Waals surface area (Å²) >= 11 is 5.90. The van der Waals surface area contributed by atoms with E-state index in [0.29, 0.717) is 46.9 Å². The number of fused-ring (bicyclic) bond motifs is 1. The zero-order valence-electron chi connectivity index (χ0n) is 20.8. The Morgan fingerprint density at radius 2 is 1.89 bits per heavy atom. The third-order valence-electron chi connectivity index (χ3n) is 7.05. The van der Waals surface area contributed by atoms with Crippen molar-refractivity contribution in [2.45, 2.75) is 44.6 Å². The number of hydrogen-bond acceptors (Lipinski definition) is 7. The van der Waals surface area contributed by atoms with Crippen molar-refractivity contribution < 1.29 is 18.8 Å². The molecule has 3 aromatic rings. The van der Waals surface area contributed by atoms with Gasteiger partial charge in [0.25, 0.3) is 5.91 Å². The molecule has 0 atom stereocenters. The van der Waals surface area contributed by atoms with Crippen molar-refractivity contribution in [3.8, 4) is 0 Å². The number of anilines is 3. The number of nitrogens with one attached hydrogen (secondary N) is 2. The van der Waals surface area contributed by atoms with Gasteiger partial charge in [0.2, 0.25) is 17.6 Å². The predicted octanol–water partition coefficient (Wildman–Crippen LogP) is 4.31. The minimum Gasteiger partial charge on any atom is -0.448 e. The molecule has 0 bridgehead atoms. The van der Waals surface area contributed by atoms with Crippen molar-refractivity contribution in [1.29, 1.82) is 0 Å². The molecular weight excluding hydrogens is 496 g/mol. The first-order valence-corrected chi connectivity index (χ1v) is 12.8. The second-order valence-corrected chi connectivity index (χ2v) is 10.1. The lowest BCUT2D eigenvalue weighted by atomic mass is 9.84. The van der Waals surface area contributed by atoms with Crippen LogP contribution in [0.4, 0.5) is 17.3 Å². The van der Waals surface area contributed by atoms with Gasteiger partial charge in [-0.15, -0.1) is 0 Å². The minimum atomic E-state index is -0.553. The average molecular weight is 525 g/mol. The number of nitrogens with zero attached hydrogens (tertiary/aromatic N) is 4. The normalized spacial score (nSPS) is 19.8. The predicted molar refractivity (Wildman–Crippen MR) is 141 cm³/mol. The number of furan rings is 1. The van der Waals surface area contributed by atoms with Gasteiger partial charge >= 0.3 is 0 Å². The summed E-state index contributed by atoms with van der Waals surface area (Å²) in [6, 6.07) is 5.06. The number of halogens is 1. The monoisotopic (exact) mass is 524 g/mol. The van der Waals surface area contributed by atoms with Crippen molar-refractivity contribution in [3.05, 3.63) is 41.4 Å². The second-order valence-electron chi connectivity index (χ2n) is 9.71. The van der Waals surface area contributed by atoms with E-state index in [-0.39, 0.29) is 35.2 Å². The zero-order chi connectivity index (χ0) is 26.1. The lowest BCUT2D eigenvalue weighted by Crippen LogP contribution is -2.40. The Morgan fingerprint density at radius 1 is 1.11 bits per heavy atom. The fraction of sp³-hybridized carbons (Fsp3) is 0.423. The van der Waals surface area contributed by atoms with E-state index in [1.54, 1.807) is 29.3 Å². The first-order chi connectivity index (χ1) is 17.8. The number of rotatable bonds is 6. The Morgan fingerprint density at radius 3 is 2.54 bits per heavy atom. The first kappa shape index (κ1) is 25.0. The van der Waals surface area contributed by atoms with Crippen molar-refractivity contribution in [2.24, 2.45) is 5.92 Å². The quantitative estimate of drug-likeness (QED) is 0.492. The van der Waals surface area contributed by atoms with E-state index in [0.717, 1.165) is 25.8 Å². The summed E-state index contributed by atoms with van der Waals surface area (Å²) < 4.78 is 5.94. The van der Waals surface area contributed by atoms with Crippen molar-refractivity contribution in [1.82, 2.24) is 14.9 Å². The van der Waals surface area contributed by atoms with Crippen LogP contribution in [0.2, 0.25) is 5.02 Å². The number of amides is 3. The van der Waals surface area contributed by atoms with Crippen LogP contribution in [0.15, 0.2) is 35.0 Å².